The molecule has 0 saturated carbocycles. The monoisotopic (exact) mass is 445 g/mol. The van der Waals surface area contributed by atoms with Crippen molar-refractivity contribution in [2.75, 3.05) is 6.54 Å². The van der Waals surface area contributed by atoms with E-state index in [0.717, 1.165) is 34.4 Å². The molecule has 0 unspecified atom stereocenters. The highest BCUT2D eigenvalue weighted by atomic mass is 79.9. The van der Waals surface area contributed by atoms with Crippen molar-refractivity contribution in [3.63, 3.8) is 0 Å². The van der Waals surface area contributed by atoms with Crippen LogP contribution in [0.5, 0.6) is 11.6 Å². The molecule has 0 aliphatic rings. The Morgan fingerprint density at radius 2 is 2.15 bits per heavy atom. The lowest BCUT2D eigenvalue weighted by molar-refractivity contribution is 0.0950. The van der Waals surface area contributed by atoms with Gasteiger partial charge in [0, 0.05) is 28.3 Å². The van der Waals surface area contributed by atoms with Crippen molar-refractivity contribution in [1.82, 2.24) is 15.3 Å². The lowest BCUT2D eigenvalue weighted by Gasteiger charge is -2.10. The van der Waals surface area contributed by atoms with E-state index in [1.54, 1.807) is 29.7 Å². The van der Waals surface area contributed by atoms with Gasteiger partial charge in [-0.15, -0.1) is 11.3 Å². The van der Waals surface area contributed by atoms with E-state index in [4.69, 9.17) is 4.74 Å². The largest absolute Gasteiger partial charge is 0.438 e. The molecule has 7 heteroatoms. The van der Waals surface area contributed by atoms with Gasteiger partial charge >= 0.3 is 0 Å². The fourth-order valence-corrected chi connectivity index (χ4v) is 3.70. The maximum atomic E-state index is 12.5. The van der Waals surface area contributed by atoms with Crippen LogP contribution in [0.4, 0.5) is 0 Å². The molecule has 1 aromatic carbocycles. The molecule has 0 radical (unpaired) electrons. The van der Waals surface area contributed by atoms with E-state index in [9.17, 15) is 4.79 Å². The van der Waals surface area contributed by atoms with Gasteiger partial charge in [0.05, 0.1) is 5.01 Å². The minimum Gasteiger partial charge on any atom is -0.438 e. The summed E-state index contributed by atoms with van der Waals surface area (Å²) in [5, 5.41) is 6.15. The van der Waals surface area contributed by atoms with E-state index in [1.807, 2.05) is 31.2 Å². The number of amides is 1. The predicted octanol–water partition coefficient (Wildman–Crippen LogP) is 5.15. The summed E-state index contributed by atoms with van der Waals surface area (Å²) in [6, 6.07) is 10.9. The van der Waals surface area contributed by atoms with E-state index in [1.165, 1.54) is 0 Å². The quantitative estimate of drug-likeness (QED) is 0.486. The van der Waals surface area contributed by atoms with Gasteiger partial charge in [-0.05, 0) is 56.5 Å². The molecule has 5 nitrogen and oxygen atoms in total. The first kappa shape index (κ1) is 19.5. The first-order valence-electron chi connectivity index (χ1n) is 8.69. The molecule has 0 aliphatic heterocycles. The topological polar surface area (TPSA) is 64.1 Å². The van der Waals surface area contributed by atoms with Gasteiger partial charge < -0.3 is 10.1 Å². The normalized spacial score (nSPS) is 10.6. The van der Waals surface area contributed by atoms with Gasteiger partial charge in [-0.2, -0.15) is 0 Å². The number of halogens is 1. The van der Waals surface area contributed by atoms with Crippen molar-refractivity contribution in [1.29, 1.82) is 0 Å². The lowest BCUT2D eigenvalue weighted by Crippen LogP contribution is -2.25. The third-order valence-corrected chi connectivity index (χ3v) is 5.32. The second-order valence-corrected chi connectivity index (χ2v) is 7.87. The number of nitrogens with zero attached hydrogens (tertiary/aromatic N) is 2. The summed E-state index contributed by atoms with van der Waals surface area (Å²) < 4.78 is 6.69. The maximum Gasteiger partial charge on any atom is 0.256 e. The highest BCUT2D eigenvalue weighted by Crippen LogP contribution is 2.25. The Bertz CT molecular complexity index is 914. The third-order valence-electron chi connectivity index (χ3n) is 3.80. The third kappa shape index (κ3) is 5.87. The first-order chi connectivity index (χ1) is 13.1. The summed E-state index contributed by atoms with van der Waals surface area (Å²) in [6.45, 7) is 2.61. The summed E-state index contributed by atoms with van der Waals surface area (Å²) in [5.74, 6) is 0.736. The molecule has 0 atom stereocenters. The van der Waals surface area contributed by atoms with Crippen LogP contribution in [0.25, 0.3) is 0 Å². The van der Waals surface area contributed by atoms with Crippen molar-refractivity contribution in [2.45, 2.75) is 26.2 Å². The lowest BCUT2D eigenvalue weighted by atomic mass is 10.2. The second-order valence-electron chi connectivity index (χ2n) is 6.01. The molecule has 0 fully saturated rings. The number of benzene rings is 1. The zero-order valence-electron chi connectivity index (χ0n) is 14.9. The van der Waals surface area contributed by atoms with Crippen LogP contribution in [0, 0.1) is 6.92 Å². The van der Waals surface area contributed by atoms with E-state index in [0.29, 0.717) is 23.7 Å². The zero-order chi connectivity index (χ0) is 19.1. The number of unbranched alkanes of at least 4 members (excludes halogenated alkanes) is 1. The molecule has 1 amide bonds. The van der Waals surface area contributed by atoms with Crippen LogP contribution in [-0.4, -0.2) is 22.4 Å². The highest BCUT2D eigenvalue weighted by Gasteiger charge is 2.14. The number of pyridine rings is 1. The molecule has 3 rings (SSSR count). The Kier molecular flexibility index (Phi) is 6.95. The molecule has 0 spiro atoms. The average Bonchev–Trinajstić information content (AvgIpc) is 3.07. The molecule has 140 valence electrons. The fourth-order valence-electron chi connectivity index (χ4n) is 2.50. The minimum atomic E-state index is -0.182. The molecule has 27 heavy (non-hydrogen) atoms. The van der Waals surface area contributed by atoms with Crippen molar-refractivity contribution < 1.29 is 9.53 Å². The number of hydrogen-bond acceptors (Lipinski definition) is 5. The van der Waals surface area contributed by atoms with Gasteiger partial charge in [-0.1, -0.05) is 22.0 Å². The van der Waals surface area contributed by atoms with Crippen LogP contribution in [0.3, 0.4) is 0 Å². The van der Waals surface area contributed by atoms with Crippen molar-refractivity contribution in [3.8, 4) is 11.6 Å². The van der Waals surface area contributed by atoms with E-state index in [-0.39, 0.29) is 5.91 Å². The number of nitrogens with one attached hydrogen (secondary N) is 1. The van der Waals surface area contributed by atoms with Crippen LogP contribution >= 0.6 is 27.3 Å². The first-order valence-corrected chi connectivity index (χ1v) is 10.4. The Morgan fingerprint density at radius 3 is 2.93 bits per heavy atom. The molecule has 0 saturated heterocycles. The van der Waals surface area contributed by atoms with Gasteiger partial charge in [-0.3, -0.25) is 4.79 Å². The molecule has 0 aliphatic carbocycles. The van der Waals surface area contributed by atoms with Gasteiger partial charge in [0.1, 0.15) is 11.3 Å². The van der Waals surface area contributed by atoms with Gasteiger partial charge in [0.25, 0.3) is 5.91 Å². The number of aromatic nitrogens is 2. The average molecular weight is 446 g/mol. The number of carbonyl (C=O) groups is 1. The second kappa shape index (κ2) is 9.62. The Hall–Kier alpha value is -2.25. The Labute approximate surface area is 171 Å². The fraction of sp³-hybridized carbons (Fsp3) is 0.250. The zero-order valence-corrected chi connectivity index (χ0v) is 17.3. The summed E-state index contributed by atoms with van der Waals surface area (Å²) in [6.07, 6.45) is 4.44. The number of rotatable bonds is 8. The standard InChI is InChI=1S/C20H20BrN3O2S/c1-14-13-27-18(24-14)9-2-3-10-22-19(25)17-8-5-11-23-20(17)26-16-7-4-6-15(21)12-16/h4-8,11-13H,2-3,9-10H2,1H3,(H,22,25). The maximum absolute atomic E-state index is 12.5. The number of aryl methyl sites for hydroxylation is 2. The smallest absolute Gasteiger partial charge is 0.256 e. The number of carbonyl (C=O) groups excluding carboxylic acids is 1. The summed E-state index contributed by atoms with van der Waals surface area (Å²) >= 11 is 5.09. The molecule has 1 N–H and O–H groups in total. The molecule has 2 heterocycles. The number of hydrogen-bond donors (Lipinski definition) is 1. The molecule has 0 bridgehead atoms. The van der Waals surface area contributed by atoms with Crippen molar-refractivity contribution in [2.24, 2.45) is 0 Å². The van der Waals surface area contributed by atoms with Crippen LogP contribution < -0.4 is 10.1 Å². The van der Waals surface area contributed by atoms with Crippen LogP contribution in [0.15, 0.2) is 52.4 Å². The van der Waals surface area contributed by atoms with Gasteiger partial charge in [-0.25, -0.2) is 9.97 Å². The van der Waals surface area contributed by atoms with Crippen LogP contribution in [0.1, 0.15) is 33.9 Å². The summed E-state index contributed by atoms with van der Waals surface area (Å²) in [4.78, 5) is 21.2. The van der Waals surface area contributed by atoms with E-state index in [2.05, 4.69) is 36.6 Å². The Morgan fingerprint density at radius 1 is 1.26 bits per heavy atom. The highest BCUT2D eigenvalue weighted by molar-refractivity contribution is 9.10. The molecular formula is C20H20BrN3O2S. The SMILES string of the molecule is Cc1csc(CCCCNC(=O)c2cccnc2Oc2cccc(Br)c2)n1. The van der Waals surface area contributed by atoms with Crippen molar-refractivity contribution >= 4 is 33.2 Å². The van der Waals surface area contributed by atoms with Gasteiger partial charge in [0.15, 0.2) is 0 Å². The van der Waals surface area contributed by atoms with Crippen LogP contribution in [-0.2, 0) is 6.42 Å². The summed E-state index contributed by atoms with van der Waals surface area (Å²) in [5.41, 5.74) is 1.49. The Balaban J connectivity index is 1.52. The van der Waals surface area contributed by atoms with E-state index >= 15 is 0 Å². The summed E-state index contributed by atoms with van der Waals surface area (Å²) in [7, 11) is 0. The molecule has 3 aromatic rings. The molecular weight excluding hydrogens is 426 g/mol. The van der Waals surface area contributed by atoms with E-state index < -0.39 is 0 Å². The minimum absolute atomic E-state index is 0.182. The predicted molar refractivity (Wildman–Crippen MR) is 111 cm³/mol. The van der Waals surface area contributed by atoms with Crippen molar-refractivity contribution in [3.05, 3.63) is 68.7 Å². The number of ether oxygens (including phenoxy) is 1. The molecule has 2 aromatic heterocycles. The van der Waals surface area contributed by atoms with Gasteiger partial charge in [0.2, 0.25) is 5.88 Å². The van der Waals surface area contributed by atoms with Crippen LogP contribution in [0.2, 0.25) is 0 Å². The number of thiazole rings is 1.